The highest BCUT2D eigenvalue weighted by molar-refractivity contribution is 6.03. The van der Waals surface area contributed by atoms with E-state index in [9.17, 15) is 9.59 Å². The number of hydrogen-bond acceptors (Lipinski definition) is 4. The number of rotatable bonds is 6. The quantitative estimate of drug-likeness (QED) is 0.355. The summed E-state index contributed by atoms with van der Waals surface area (Å²) in [5.74, 6) is 0.0862. The maximum atomic E-state index is 12.9. The zero-order valence-electron chi connectivity index (χ0n) is 20.5. The summed E-state index contributed by atoms with van der Waals surface area (Å²) in [6.07, 6.45) is 1.62. The fourth-order valence-corrected chi connectivity index (χ4v) is 4.89. The molecule has 1 aliphatic rings. The van der Waals surface area contributed by atoms with Crippen molar-refractivity contribution in [2.75, 3.05) is 36.8 Å². The number of likely N-dealkylation sites (tertiary alicyclic amines) is 1. The van der Waals surface area contributed by atoms with E-state index in [1.165, 1.54) is 0 Å². The van der Waals surface area contributed by atoms with Crippen molar-refractivity contribution in [2.24, 2.45) is 5.92 Å². The summed E-state index contributed by atoms with van der Waals surface area (Å²) in [4.78, 5) is 32.2. The Morgan fingerprint density at radius 2 is 1.61 bits per heavy atom. The molecule has 0 aliphatic carbocycles. The second-order valence-corrected chi connectivity index (χ2v) is 9.34. The molecule has 0 saturated carbocycles. The Bertz CT molecular complexity index is 1390. The van der Waals surface area contributed by atoms with Gasteiger partial charge in [0.15, 0.2) is 0 Å². The van der Waals surface area contributed by atoms with E-state index in [-0.39, 0.29) is 17.9 Å². The van der Waals surface area contributed by atoms with Crippen molar-refractivity contribution in [3.63, 3.8) is 0 Å². The highest BCUT2D eigenvalue weighted by atomic mass is 16.2. The van der Waals surface area contributed by atoms with Crippen LogP contribution in [0.3, 0.4) is 0 Å². The predicted octanol–water partition coefficient (Wildman–Crippen LogP) is 5.17. The van der Waals surface area contributed by atoms with E-state index in [0.29, 0.717) is 6.54 Å². The number of para-hydroxylation sites is 1. The van der Waals surface area contributed by atoms with Crippen molar-refractivity contribution in [2.45, 2.75) is 19.8 Å². The lowest BCUT2D eigenvalue weighted by molar-refractivity contribution is -0.121. The first-order valence-corrected chi connectivity index (χ1v) is 12.5. The van der Waals surface area contributed by atoms with Crippen LogP contribution in [0.25, 0.3) is 21.7 Å². The van der Waals surface area contributed by atoms with Crippen LogP contribution < -0.4 is 16.0 Å². The molecule has 0 unspecified atom stereocenters. The zero-order valence-corrected chi connectivity index (χ0v) is 20.5. The van der Waals surface area contributed by atoms with Crippen LogP contribution in [0.5, 0.6) is 0 Å². The fourth-order valence-electron chi connectivity index (χ4n) is 4.89. The van der Waals surface area contributed by atoms with Gasteiger partial charge in [0, 0.05) is 41.2 Å². The van der Waals surface area contributed by atoms with Crippen LogP contribution in [0.2, 0.25) is 0 Å². The Hall–Kier alpha value is -3.97. The van der Waals surface area contributed by atoms with Gasteiger partial charge in [-0.15, -0.1) is 0 Å². The molecule has 5 rings (SSSR count). The minimum atomic E-state index is -0.227. The second-order valence-electron chi connectivity index (χ2n) is 9.34. The Morgan fingerprint density at radius 3 is 2.44 bits per heavy atom. The largest absolute Gasteiger partial charge is 0.337 e. The van der Waals surface area contributed by atoms with E-state index in [2.05, 4.69) is 38.0 Å². The number of aromatic nitrogens is 1. The van der Waals surface area contributed by atoms with E-state index < -0.39 is 0 Å². The monoisotopic (exact) mass is 481 g/mol. The zero-order chi connectivity index (χ0) is 24.9. The van der Waals surface area contributed by atoms with Crippen LogP contribution in [0.1, 0.15) is 18.5 Å². The molecule has 184 valence electrons. The van der Waals surface area contributed by atoms with Crippen LogP contribution in [-0.2, 0) is 4.79 Å². The topological polar surface area (TPSA) is 86.4 Å². The molecule has 1 fully saturated rings. The molecule has 0 bridgehead atoms. The number of carbonyl (C=O) groups excluding carboxylic acids is 2. The van der Waals surface area contributed by atoms with Crippen LogP contribution in [-0.4, -0.2) is 48.0 Å². The van der Waals surface area contributed by atoms with Crippen LogP contribution >= 0.6 is 0 Å². The molecule has 36 heavy (non-hydrogen) atoms. The van der Waals surface area contributed by atoms with Crippen molar-refractivity contribution < 1.29 is 9.59 Å². The molecule has 1 aliphatic heterocycles. The number of amides is 3. The molecule has 0 atom stereocenters. The molecule has 3 amide bonds. The summed E-state index contributed by atoms with van der Waals surface area (Å²) in [6, 6.07) is 23.5. The van der Waals surface area contributed by atoms with Gasteiger partial charge in [0.05, 0.1) is 11.2 Å². The van der Waals surface area contributed by atoms with Crippen LogP contribution in [0, 0.1) is 12.8 Å². The SMILES string of the molecule is Cc1cc(NC(=O)NCCN2CCC(C(=O)Nc3cccc4ccccc34)CC2)c2ccccc2n1. The molecule has 3 N–H and O–H groups in total. The Labute approximate surface area is 210 Å². The maximum absolute atomic E-state index is 12.9. The minimum Gasteiger partial charge on any atom is -0.337 e. The molecule has 7 nitrogen and oxygen atoms in total. The number of nitrogens with zero attached hydrogens (tertiary/aromatic N) is 2. The van der Waals surface area contributed by atoms with Crippen molar-refractivity contribution in [1.29, 1.82) is 0 Å². The molecule has 4 aromatic rings. The third kappa shape index (κ3) is 5.47. The lowest BCUT2D eigenvalue weighted by atomic mass is 9.95. The molecule has 2 heterocycles. The standard InChI is InChI=1S/C29H31N5O2/c1-20-19-27(24-10-4-5-11-26(24)31-20)33-29(36)30-15-18-34-16-13-22(14-17-34)28(35)32-25-12-6-8-21-7-2-3-9-23(21)25/h2-12,19,22H,13-18H2,1H3,(H,32,35)(H2,30,31,33,36). The van der Waals surface area contributed by atoms with Crippen LogP contribution in [0.4, 0.5) is 16.2 Å². The Balaban J connectivity index is 1.07. The number of benzene rings is 3. The first-order valence-electron chi connectivity index (χ1n) is 12.5. The van der Waals surface area contributed by atoms with Crippen LogP contribution in [0.15, 0.2) is 72.8 Å². The Kier molecular flexibility index (Phi) is 7.09. The molecule has 3 aromatic carbocycles. The van der Waals surface area contributed by atoms with Crippen molar-refractivity contribution >= 4 is 45.0 Å². The van der Waals surface area contributed by atoms with Crippen molar-refractivity contribution in [1.82, 2.24) is 15.2 Å². The summed E-state index contributed by atoms with van der Waals surface area (Å²) in [6.45, 7) is 4.89. The van der Waals surface area contributed by atoms with Gasteiger partial charge >= 0.3 is 6.03 Å². The number of anilines is 2. The smallest absolute Gasteiger partial charge is 0.319 e. The summed E-state index contributed by atoms with van der Waals surface area (Å²) in [7, 11) is 0. The number of carbonyl (C=O) groups is 2. The molecular weight excluding hydrogens is 450 g/mol. The average Bonchev–Trinajstić information content (AvgIpc) is 2.89. The third-order valence-electron chi connectivity index (χ3n) is 6.81. The molecule has 1 saturated heterocycles. The van der Waals surface area contributed by atoms with E-state index in [4.69, 9.17) is 0 Å². The molecule has 1 aromatic heterocycles. The lowest BCUT2D eigenvalue weighted by Crippen LogP contribution is -2.42. The number of pyridine rings is 1. The average molecular weight is 482 g/mol. The predicted molar refractivity (Wildman–Crippen MR) is 145 cm³/mol. The maximum Gasteiger partial charge on any atom is 0.319 e. The summed E-state index contributed by atoms with van der Waals surface area (Å²) >= 11 is 0. The Morgan fingerprint density at radius 1 is 0.889 bits per heavy atom. The number of aryl methyl sites for hydroxylation is 1. The number of piperidine rings is 1. The van der Waals surface area contributed by atoms with Crippen molar-refractivity contribution in [3.8, 4) is 0 Å². The first kappa shape index (κ1) is 23.8. The van der Waals surface area contributed by atoms with E-state index in [1.54, 1.807) is 0 Å². The molecule has 0 radical (unpaired) electrons. The number of urea groups is 1. The van der Waals surface area contributed by atoms with Gasteiger partial charge in [-0.25, -0.2) is 4.79 Å². The first-order chi connectivity index (χ1) is 17.6. The molecular formula is C29H31N5O2. The van der Waals surface area contributed by atoms with Gasteiger partial charge in [-0.05, 0) is 56.4 Å². The van der Waals surface area contributed by atoms with Gasteiger partial charge in [-0.2, -0.15) is 0 Å². The second kappa shape index (κ2) is 10.7. The third-order valence-corrected chi connectivity index (χ3v) is 6.81. The highest BCUT2D eigenvalue weighted by Crippen LogP contribution is 2.26. The number of fused-ring (bicyclic) bond motifs is 2. The summed E-state index contributed by atoms with van der Waals surface area (Å²) in [5, 5.41) is 12.2. The van der Waals surface area contributed by atoms with Crippen molar-refractivity contribution in [3.05, 3.63) is 78.5 Å². The number of nitrogens with one attached hydrogen (secondary N) is 3. The van der Waals surface area contributed by atoms with Gasteiger partial charge in [-0.1, -0.05) is 54.6 Å². The van der Waals surface area contributed by atoms with Gasteiger partial charge < -0.3 is 20.9 Å². The highest BCUT2D eigenvalue weighted by Gasteiger charge is 2.25. The lowest BCUT2D eigenvalue weighted by Gasteiger charge is -2.31. The van der Waals surface area contributed by atoms with Gasteiger partial charge in [0.1, 0.15) is 0 Å². The van der Waals surface area contributed by atoms with Gasteiger partial charge in [-0.3, -0.25) is 9.78 Å². The van der Waals surface area contributed by atoms with Gasteiger partial charge in [0.2, 0.25) is 5.91 Å². The van der Waals surface area contributed by atoms with Gasteiger partial charge in [0.25, 0.3) is 0 Å². The van der Waals surface area contributed by atoms with E-state index in [1.807, 2.05) is 67.6 Å². The number of hydrogen-bond donors (Lipinski definition) is 3. The van der Waals surface area contributed by atoms with E-state index >= 15 is 0 Å². The normalized spacial score (nSPS) is 14.6. The fraction of sp³-hybridized carbons (Fsp3) is 0.276. The van der Waals surface area contributed by atoms with E-state index in [0.717, 1.165) is 71.2 Å². The summed E-state index contributed by atoms with van der Waals surface area (Å²) < 4.78 is 0. The summed E-state index contributed by atoms with van der Waals surface area (Å²) in [5.41, 5.74) is 3.35. The molecule has 0 spiro atoms. The minimum absolute atomic E-state index is 0.000290. The molecule has 7 heteroatoms.